The Morgan fingerprint density at radius 1 is 1.11 bits per heavy atom. The summed E-state index contributed by atoms with van der Waals surface area (Å²) in [5.74, 6) is -0.770. The molecule has 0 aromatic heterocycles. The summed E-state index contributed by atoms with van der Waals surface area (Å²) >= 11 is 0. The van der Waals surface area contributed by atoms with E-state index in [0.29, 0.717) is 12.1 Å². The molecule has 1 saturated heterocycles. The summed E-state index contributed by atoms with van der Waals surface area (Å²) in [7, 11) is 3.94. The second kappa shape index (κ2) is 7.03. The summed E-state index contributed by atoms with van der Waals surface area (Å²) in [6.07, 6.45) is 1.33. The molecule has 0 spiro atoms. The van der Waals surface area contributed by atoms with Crippen molar-refractivity contribution in [1.29, 1.82) is 0 Å². The van der Waals surface area contributed by atoms with E-state index in [-0.39, 0.29) is 6.29 Å². The van der Waals surface area contributed by atoms with Gasteiger partial charge in [0.15, 0.2) is 0 Å². The predicted octanol–water partition coefficient (Wildman–Crippen LogP) is 3.28. The van der Waals surface area contributed by atoms with Crippen LogP contribution in [0.1, 0.15) is 12.8 Å². The number of fused-ring (bicyclic) bond motifs is 1. The molecule has 4 rings (SSSR count). The zero-order valence-corrected chi connectivity index (χ0v) is 16.0. The molecule has 3 N–H and O–H groups in total. The number of carbonyl (C=O) groups is 1. The molecule has 0 amide bonds. The first-order valence-corrected chi connectivity index (χ1v) is 9.31. The van der Waals surface area contributed by atoms with Gasteiger partial charge in [-0.15, -0.1) is 5.11 Å². The minimum absolute atomic E-state index is 0.244. The Labute approximate surface area is 163 Å². The second-order valence-electron chi connectivity index (χ2n) is 7.24. The van der Waals surface area contributed by atoms with Crippen molar-refractivity contribution in [3.63, 3.8) is 0 Å². The van der Waals surface area contributed by atoms with E-state index in [1.54, 1.807) is 0 Å². The van der Waals surface area contributed by atoms with Crippen LogP contribution in [0, 0.1) is 0 Å². The van der Waals surface area contributed by atoms with Crippen molar-refractivity contribution >= 4 is 34.4 Å². The molecular formula is C20H24N6O2. The number of benzene rings is 2. The molecule has 8 nitrogen and oxygen atoms in total. The zero-order chi connectivity index (χ0) is 19.8. The van der Waals surface area contributed by atoms with E-state index in [1.165, 1.54) is 0 Å². The number of rotatable bonds is 4. The quantitative estimate of drug-likeness (QED) is 0.624. The van der Waals surface area contributed by atoms with Crippen LogP contribution in [0.15, 0.2) is 52.7 Å². The maximum absolute atomic E-state index is 11.4. The molecule has 2 heterocycles. The van der Waals surface area contributed by atoms with Crippen LogP contribution in [0.2, 0.25) is 0 Å². The van der Waals surface area contributed by atoms with Crippen molar-refractivity contribution in [2.24, 2.45) is 10.2 Å². The molecule has 2 aromatic carbocycles. The van der Waals surface area contributed by atoms with Gasteiger partial charge in [-0.05, 0) is 55.3 Å². The molecule has 0 radical (unpaired) electrons. The summed E-state index contributed by atoms with van der Waals surface area (Å²) in [5, 5.41) is 18.2. The molecule has 2 unspecified atom stereocenters. The van der Waals surface area contributed by atoms with Gasteiger partial charge >= 0.3 is 5.97 Å². The second-order valence-corrected chi connectivity index (χ2v) is 7.24. The van der Waals surface area contributed by atoms with E-state index in [9.17, 15) is 9.90 Å². The minimum Gasteiger partial charge on any atom is -0.480 e. The molecule has 2 aliphatic heterocycles. The third kappa shape index (κ3) is 3.11. The van der Waals surface area contributed by atoms with Crippen LogP contribution < -0.4 is 20.4 Å². The van der Waals surface area contributed by atoms with E-state index < -0.39 is 12.0 Å². The van der Waals surface area contributed by atoms with Crippen molar-refractivity contribution < 1.29 is 9.90 Å². The van der Waals surface area contributed by atoms with E-state index in [0.717, 1.165) is 35.7 Å². The van der Waals surface area contributed by atoms with Crippen LogP contribution in [0.5, 0.6) is 0 Å². The SMILES string of the molecule is CN1c2ccc(N)cc2N(C)C1N=Nc1ccc(N2CCCC2C(=O)O)cc1. The van der Waals surface area contributed by atoms with Crippen LogP contribution in [-0.4, -0.2) is 44.0 Å². The molecule has 1 fully saturated rings. The van der Waals surface area contributed by atoms with Gasteiger partial charge in [0.1, 0.15) is 6.04 Å². The van der Waals surface area contributed by atoms with E-state index in [1.807, 2.05) is 71.3 Å². The Hall–Kier alpha value is -3.29. The predicted molar refractivity (Wildman–Crippen MR) is 110 cm³/mol. The standard InChI is InChI=1S/C20H24N6O2/c1-24-16-10-5-13(21)12-18(16)25(2)20(24)23-22-14-6-8-15(9-7-14)26-11-3-4-17(26)19(27)28/h5-10,12,17,20H,3-4,11,21H2,1-2H3,(H,27,28). The Kier molecular flexibility index (Phi) is 4.54. The van der Waals surface area contributed by atoms with Crippen LogP contribution in [-0.2, 0) is 4.79 Å². The van der Waals surface area contributed by atoms with Gasteiger partial charge < -0.3 is 25.5 Å². The molecule has 0 bridgehead atoms. The molecule has 146 valence electrons. The fraction of sp³-hybridized carbons (Fsp3) is 0.350. The first kappa shape index (κ1) is 18.1. The normalized spacial score (nSPS) is 21.6. The first-order valence-electron chi connectivity index (χ1n) is 9.31. The number of nitrogens with zero attached hydrogens (tertiary/aromatic N) is 5. The Morgan fingerprint density at radius 3 is 2.54 bits per heavy atom. The van der Waals surface area contributed by atoms with Crippen molar-refractivity contribution in [2.45, 2.75) is 25.2 Å². The highest BCUT2D eigenvalue weighted by molar-refractivity contribution is 5.80. The fourth-order valence-corrected chi connectivity index (χ4v) is 3.95. The van der Waals surface area contributed by atoms with Crippen LogP contribution in [0.4, 0.5) is 28.4 Å². The van der Waals surface area contributed by atoms with Gasteiger partial charge in [-0.3, -0.25) is 0 Å². The first-order chi connectivity index (χ1) is 13.5. The third-order valence-electron chi connectivity index (χ3n) is 5.45. The van der Waals surface area contributed by atoms with Gasteiger partial charge in [0.05, 0.1) is 17.1 Å². The van der Waals surface area contributed by atoms with Gasteiger partial charge in [0, 0.05) is 32.0 Å². The number of nitrogen functional groups attached to an aromatic ring is 1. The number of hydrogen-bond donors (Lipinski definition) is 2. The lowest BCUT2D eigenvalue weighted by Gasteiger charge is -2.23. The van der Waals surface area contributed by atoms with Gasteiger partial charge in [-0.25, -0.2) is 4.79 Å². The largest absolute Gasteiger partial charge is 0.480 e. The smallest absolute Gasteiger partial charge is 0.326 e. The molecule has 0 saturated carbocycles. The Bertz CT molecular complexity index is 913. The maximum Gasteiger partial charge on any atom is 0.326 e. The molecule has 8 heteroatoms. The van der Waals surface area contributed by atoms with Crippen LogP contribution >= 0.6 is 0 Å². The summed E-state index contributed by atoms with van der Waals surface area (Å²) in [5.41, 5.74) is 10.3. The summed E-state index contributed by atoms with van der Waals surface area (Å²) in [6.45, 7) is 0.761. The molecule has 0 aliphatic carbocycles. The maximum atomic E-state index is 11.4. The topological polar surface area (TPSA) is 97.8 Å². The van der Waals surface area contributed by atoms with Crippen molar-refractivity contribution in [3.05, 3.63) is 42.5 Å². The van der Waals surface area contributed by atoms with Crippen LogP contribution in [0.3, 0.4) is 0 Å². The van der Waals surface area contributed by atoms with Crippen molar-refractivity contribution in [2.75, 3.05) is 41.1 Å². The minimum atomic E-state index is -0.770. The van der Waals surface area contributed by atoms with E-state index in [4.69, 9.17) is 5.73 Å². The van der Waals surface area contributed by atoms with Crippen molar-refractivity contribution in [3.8, 4) is 0 Å². The highest BCUT2D eigenvalue weighted by Crippen LogP contribution is 2.39. The number of carboxylic acids is 1. The molecular weight excluding hydrogens is 356 g/mol. The monoisotopic (exact) mass is 380 g/mol. The molecule has 28 heavy (non-hydrogen) atoms. The number of aliphatic carboxylic acids is 1. The molecule has 2 aromatic rings. The summed E-state index contributed by atoms with van der Waals surface area (Å²) in [6, 6.07) is 12.9. The lowest BCUT2D eigenvalue weighted by molar-refractivity contribution is -0.138. The average Bonchev–Trinajstić information content (AvgIpc) is 3.26. The summed E-state index contributed by atoms with van der Waals surface area (Å²) in [4.78, 5) is 17.4. The molecule has 2 aliphatic rings. The highest BCUT2D eigenvalue weighted by atomic mass is 16.4. The highest BCUT2D eigenvalue weighted by Gasteiger charge is 2.32. The number of hydrogen-bond acceptors (Lipinski definition) is 7. The Balaban J connectivity index is 1.49. The summed E-state index contributed by atoms with van der Waals surface area (Å²) < 4.78 is 0. The van der Waals surface area contributed by atoms with Gasteiger partial charge in [0.2, 0.25) is 6.29 Å². The average molecular weight is 380 g/mol. The number of carboxylic acid groups (broad SMARTS) is 1. The number of nitrogens with two attached hydrogens (primary N) is 1. The lowest BCUT2D eigenvalue weighted by atomic mass is 10.2. The zero-order valence-electron chi connectivity index (χ0n) is 16.0. The van der Waals surface area contributed by atoms with Gasteiger partial charge in [-0.1, -0.05) is 0 Å². The number of anilines is 4. The fourth-order valence-electron chi connectivity index (χ4n) is 3.95. The number of azo groups is 1. The molecule has 2 atom stereocenters. The van der Waals surface area contributed by atoms with Gasteiger partial charge in [-0.2, -0.15) is 5.11 Å². The van der Waals surface area contributed by atoms with Crippen molar-refractivity contribution in [1.82, 2.24) is 0 Å². The lowest BCUT2D eigenvalue weighted by Crippen LogP contribution is -2.36. The Morgan fingerprint density at radius 2 is 1.82 bits per heavy atom. The third-order valence-corrected chi connectivity index (χ3v) is 5.45. The van der Waals surface area contributed by atoms with Crippen LogP contribution in [0.25, 0.3) is 0 Å². The van der Waals surface area contributed by atoms with Gasteiger partial charge in [0.25, 0.3) is 0 Å². The van der Waals surface area contributed by atoms with E-state index in [2.05, 4.69) is 10.2 Å². The van der Waals surface area contributed by atoms with E-state index >= 15 is 0 Å².